The third kappa shape index (κ3) is 5.00. The number of halogens is 3. The van der Waals surface area contributed by atoms with Gasteiger partial charge in [-0.15, -0.1) is 11.3 Å². The van der Waals surface area contributed by atoms with Crippen molar-refractivity contribution in [1.29, 1.82) is 0 Å². The van der Waals surface area contributed by atoms with E-state index in [1.807, 2.05) is 6.07 Å². The molecule has 0 fully saturated rings. The van der Waals surface area contributed by atoms with Crippen molar-refractivity contribution in [2.75, 3.05) is 20.3 Å². The van der Waals surface area contributed by atoms with Gasteiger partial charge in [-0.05, 0) is 18.2 Å². The quantitative estimate of drug-likeness (QED) is 0.340. The van der Waals surface area contributed by atoms with Crippen LogP contribution >= 0.6 is 11.3 Å². The number of alkyl halides is 3. The van der Waals surface area contributed by atoms with Gasteiger partial charge < -0.3 is 19.9 Å². The summed E-state index contributed by atoms with van der Waals surface area (Å²) in [5, 5.41) is 0.573. The monoisotopic (exact) mass is 491 g/mol. The van der Waals surface area contributed by atoms with Crippen LogP contribution in [0.3, 0.4) is 0 Å². The Morgan fingerprint density at radius 1 is 1.12 bits per heavy atom. The Kier molecular flexibility index (Phi) is 6.75. The van der Waals surface area contributed by atoms with Gasteiger partial charge >= 0.3 is 6.18 Å². The lowest BCUT2D eigenvalue weighted by molar-refractivity contribution is -0.138. The molecule has 1 amide bonds. The van der Waals surface area contributed by atoms with Gasteiger partial charge in [-0.3, -0.25) is 9.36 Å². The molecule has 34 heavy (non-hydrogen) atoms. The maximum Gasteiger partial charge on any atom is 0.416 e. The van der Waals surface area contributed by atoms with Gasteiger partial charge in [0.2, 0.25) is 0 Å². The molecule has 0 spiro atoms. The Morgan fingerprint density at radius 3 is 2.65 bits per heavy atom. The second-order valence-corrected chi connectivity index (χ2v) is 8.22. The van der Waals surface area contributed by atoms with Crippen LogP contribution in [0.15, 0.2) is 54.9 Å². The molecule has 4 rings (SSSR count). The van der Waals surface area contributed by atoms with Gasteiger partial charge in [0.15, 0.2) is 0 Å². The molecule has 2 N–H and O–H groups in total. The molecule has 4 aromatic rings. The van der Waals surface area contributed by atoms with Gasteiger partial charge in [0.1, 0.15) is 40.9 Å². The fourth-order valence-electron chi connectivity index (χ4n) is 3.34. The third-order valence-corrected chi connectivity index (χ3v) is 6.06. The number of ether oxygens (including phenoxy) is 3. The van der Waals surface area contributed by atoms with Crippen molar-refractivity contribution in [3.05, 3.63) is 70.9 Å². The number of carbonyl (C=O) groups excluding carboxylic acids is 1. The summed E-state index contributed by atoms with van der Waals surface area (Å²) >= 11 is 1.06. The first-order chi connectivity index (χ1) is 16.3. The summed E-state index contributed by atoms with van der Waals surface area (Å²) in [7, 11) is 1.59. The standard InChI is InChI=1S/C23H20F3N3O4S/c1-31-8-9-32-15-6-7-18-17(10-15)28-13-29(18)20-11-19(21(34-20)22(27)30)33-12-14-4-2-3-5-16(14)23(24,25)26/h2-7,10-11,13H,8-9,12H2,1H3,(H2,27,30). The molecular formula is C23H20F3N3O4S. The zero-order valence-electron chi connectivity index (χ0n) is 18.0. The molecule has 2 heterocycles. The van der Waals surface area contributed by atoms with Crippen LogP contribution < -0.4 is 15.2 Å². The molecule has 2 aromatic carbocycles. The molecule has 0 atom stereocenters. The van der Waals surface area contributed by atoms with E-state index in [0.717, 1.165) is 22.9 Å². The predicted octanol–water partition coefficient (Wildman–Crippen LogP) is 4.81. The molecule has 0 radical (unpaired) electrons. The highest BCUT2D eigenvalue weighted by Gasteiger charge is 2.33. The smallest absolute Gasteiger partial charge is 0.416 e. The van der Waals surface area contributed by atoms with E-state index in [-0.39, 0.29) is 22.8 Å². The SMILES string of the molecule is COCCOc1ccc2c(c1)ncn2-c1cc(OCc2ccccc2C(F)(F)F)c(C(N)=O)s1. The van der Waals surface area contributed by atoms with Crippen LogP contribution in [0, 0.1) is 0 Å². The Labute approximate surface area is 196 Å². The van der Waals surface area contributed by atoms with Crippen LogP contribution in [-0.2, 0) is 17.5 Å². The molecule has 0 aliphatic carbocycles. The van der Waals surface area contributed by atoms with Crippen molar-refractivity contribution < 1.29 is 32.2 Å². The second kappa shape index (κ2) is 9.74. The number of thiophene rings is 1. The zero-order chi connectivity index (χ0) is 24.3. The lowest BCUT2D eigenvalue weighted by atomic mass is 10.1. The van der Waals surface area contributed by atoms with Crippen molar-refractivity contribution in [2.45, 2.75) is 12.8 Å². The number of nitrogens with zero attached hydrogens (tertiary/aromatic N) is 2. The molecule has 0 aliphatic rings. The van der Waals surface area contributed by atoms with Gasteiger partial charge in [0.05, 0.1) is 23.2 Å². The van der Waals surface area contributed by atoms with Crippen LogP contribution in [0.4, 0.5) is 13.2 Å². The first-order valence-corrected chi connectivity index (χ1v) is 10.9. The van der Waals surface area contributed by atoms with E-state index in [0.29, 0.717) is 29.5 Å². The van der Waals surface area contributed by atoms with Crippen molar-refractivity contribution >= 4 is 28.3 Å². The van der Waals surface area contributed by atoms with Crippen LogP contribution in [0.1, 0.15) is 20.8 Å². The van der Waals surface area contributed by atoms with Crippen LogP contribution in [0.5, 0.6) is 11.5 Å². The van der Waals surface area contributed by atoms with Crippen LogP contribution in [0.25, 0.3) is 16.0 Å². The molecule has 11 heteroatoms. The first-order valence-electron chi connectivity index (χ1n) is 10.1. The number of hydrogen-bond acceptors (Lipinski definition) is 6. The van der Waals surface area contributed by atoms with Crippen molar-refractivity contribution in [1.82, 2.24) is 9.55 Å². The zero-order valence-corrected chi connectivity index (χ0v) is 18.8. The number of aromatic nitrogens is 2. The molecule has 0 saturated carbocycles. The maximum atomic E-state index is 13.3. The summed E-state index contributed by atoms with van der Waals surface area (Å²) in [6, 6.07) is 12.0. The Bertz CT molecular complexity index is 1320. The highest BCUT2D eigenvalue weighted by atomic mass is 32.1. The van der Waals surface area contributed by atoms with E-state index in [9.17, 15) is 18.0 Å². The topological polar surface area (TPSA) is 88.6 Å². The molecule has 0 bridgehead atoms. The average molecular weight is 491 g/mol. The summed E-state index contributed by atoms with van der Waals surface area (Å²) in [6.07, 6.45) is -2.95. The highest BCUT2D eigenvalue weighted by Crippen LogP contribution is 2.36. The Morgan fingerprint density at radius 2 is 1.91 bits per heavy atom. The normalized spacial score (nSPS) is 11.6. The minimum atomic E-state index is -4.52. The summed E-state index contributed by atoms with van der Waals surface area (Å²) in [6.45, 7) is 0.473. The van der Waals surface area contributed by atoms with Crippen molar-refractivity contribution in [2.24, 2.45) is 5.73 Å². The number of hydrogen-bond donors (Lipinski definition) is 1. The number of rotatable bonds is 9. The van der Waals surface area contributed by atoms with Gasteiger partial charge in [-0.25, -0.2) is 4.98 Å². The van der Waals surface area contributed by atoms with E-state index in [1.165, 1.54) is 18.2 Å². The van der Waals surface area contributed by atoms with Gasteiger partial charge in [0.25, 0.3) is 5.91 Å². The van der Waals surface area contributed by atoms with Gasteiger partial charge in [-0.1, -0.05) is 18.2 Å². The fraction of sp³-hybridized carbons (Fsp3) is 0.217. The fourth-order valence-corrected chi connectivity index (χ4v) is 4.28. The van der Waals surface area contributed by atoms with E-state index in [4.69, 9.17) is 19.9 Å². The average Bonchev–Trinajstić information content (AvgIpc) is 3.41. The number of amides is 1. The van der Waals surface area contributed by atoms with Crippen molar-refractivity contribution in [3.63, 3.8) is 0 Å². The maximum absolute atomic E-state index is 13.3. The van der Waals surface area contributed by atoms with E-state index in [1.54, 1.807) is 36.2 Å². The summed E-state index contributed by atoms with van der Waals surface area (Å²) < 4.78 is 57.8. The van der Waals surface area contributed by atoms with E-state index >= 15 is 0 Å². The minimum absolute atomic E-state index is 0.0488. The van der Waals surface area contributed by atoms with Crippen LogP contribution in [-0.4, -0.2) is 35.8 Å². The number of carbonyl (C=O) groups is 1. The van der Waals surface area contributed by atoms with Gasteiger partial charge in [0, 0.05) is 24.8 Å². The summed E-state index contributed by atoms with van der Waals surface area (Å²) in [5.74, 6) is -0.00869. The Hall–Kier alpha value is -3.57. The number of benzene rings is 2. The second-order valence-electron chi connectivity index (χ2n) is 7.19. The number of nitrogens with two attached hydrogens (primary N) is 1. The lowest BCUT2D eigenvalue weighted by Crippen LogP contribution is -2.13. The molecular weight excluding hydrogens is 471 g/mol. The Balaban J connectivity index is 1.61. The number of primary amides is 1. The van der Waals surface area contributed by atoms with Gasteiger partial charge in [-0.2, -0.15) is 13.2 Å². The molecule has 178 valence electrons. The van der Waals surface area contributed by atoms with Crippen molar-refractivity contribution in [3.8, 4) is 16.5 Å². The summed E-state index contributed by atoms with van der Waals surface area (Å²) in [4.78, 5) is 16.5. The number of fused-ring (bicyclic) bond motifs is 1. The molecule has 0 aliphatic heterocycles. The lowest BCUT2D eigenvalue weighted by Gasteiger charge is -2.13. The first kappa shape index (κ1) is 23.6. The molecule has 0 unspecified atom stereocenters. The number of imidazole rings is 1. The molecule has 2 aromatic heterocycles. The largest absolute Gasteiger partial charge is 0.491 e. The van der Waals surface area contributed by atoms with Crippen LogP contribution in [0.2, 0.25) is 0 Å². The van der Waals surface area contributed by atoms with E-state index in [2.05, 4.69) is 4.98 Å². The molecule has 7 nitrogen and oxygen atoms in total. The summed E-state index contributed by atoms with van der Waals surface area (Å²) in [5.41, 5.74) is 6.05. The molecule has 0 saturated heterocycles. The highest BCUT2D eigenvalue weighted by molar-refractivity contribution is 7.16. The predicted molar refractivity (Wildman–Crippen MR) is 121 cm³/mol. The third-order valence-electron chi connectivity index (χ3n) is 4.93. The minimum Gasteiger partial charge on any atom is -0.491 e. The number of methoxy groups -OCH3 is 1. The van der Waals surface area contributed by atoms with E-state index < -0.39 is 17.6 Å².